The maximum absolute atomic E-state index is 13.7. The Morgan fingerprint density at radius 1 is 1.03 bits per heavy atom. The number of carboxylic acid groups (broad SMARTS) is 1. The van der Waals surface area contributed by atoms with Gasteiger partial charge in [0.2, 0.25) is 5.91 Å². The lowest BCUT2D eigenvalue weighted by atomic mass is 9.85. The van der Waals surface area contributed by atoms with Gasteiger partial charge in [-0.05, 0) is 42.7 Å². The normalized spacial score (nSPS) is 17.2. The molecular weight excluding hydrogens is 440 g/mol. The Hall–Kier alpha value is -4.08. The predicted molar refractivity (Wildman–Crippen MR) is 122 cm³/mol. The number of ether oxygens (including phenoxy) is 1. The van der Waals surface area contributed by atoms with Crippen LogP contribution in [0.1, 0.15) is 28.8 Å². The molecule has 0 aromatic heterocycles. The van der Waals surface area contributed by atoms with Crippen LogP contribution in [0.25, 0.3) is 0 Å². The van der Waals surface area contributed by atoms with Crippen LogP contribution in [-0.2, 0) is 20.9 Å². The summed E-state index contributed by atoms with van der Waals surface area (Å²) in [5.41, 5.74) is 6.08. The number of anilines is 1. The van der Waals surface area contributed by atoms with Gasteiger partial charge in [-0.25, -0.2) is 9.59 Å². The fraction of sp³-hybridized carbons (Fsp3) is 0.333. The average Bonchev–Trinajstić information content (AvgIpc) is 3.09. The van der Waals surface area contributed by atoms with Gasteiger partial charge in [0.1, 0.15) is 5.54 Å². The highest BCUT2D eigenvalue weighted by Crippen LogP contribution is 2.40. The minimum absolute atomic E-state index is 0.0666. The third-order valence-corrected chi connectivity index (χ3v) is 6.32. The first kappa shape index (κ1) is 23.1. The molecule has 2 heterocycles. The van der Waals surface area contributed by atoms with Crippen molar-refractivity contribution in [2.75, 3.05) is 31.3 Å². The highest BCUT2D eigenvalue weighted by atomic mass is 16.5. The lowest BCUT2D eigenvalue weighted by Gasteiger charge is -2.42. The Morgan fingerprint density at radius 2 is 1.74 bits per heavy atom. The van der Waals surface area contributed by atoms with Crippen molar-refractivity contribution in [2.45, 2.75) is 24.9 Å². The molecule has 0 saturated carbocycles. The summed E-state index contributed by atoms with van der Waals surface area (Å²) >= 11 is 0. The van der Waals surface area contributed by atoms with E-state index < -0.39 is 30.1 Å². The van der Waals surface area contributed by atoms with Crippen LogP contribution in [0.5, 0.6) is 0 Å². The van der Waals surface area contributed by atoms with E-state index in [0.29, 0.717) is 19.5 Å². The fourth-order valence-corrected chi connectivity index (χ4v) is 4.63. The predicted octanol–water partition coefficient (Wildman–Crippen LogP) is 1.65. The maximum atomic E-state index is 13.7. The Bertz CT molecular complexity index is 1100. The van der Waals surface area contributed by atoms with Crippen LogP contribution >= 0.6 is 0 Å². The number of esters is 1. The molecule has 0 unspecified atom stereocenters. The number of piperidine rings is 1. The zero-order chi connectivity index (χ0) is 24.3. The summed E-state index contributed by atoms with van der Waals surface area (Å²) in [6, 6.07) is 16.3. The smallest absolute Gasteiger partial charge is 0.407 e. The number of amides is 3. The molecule has 2 fully saturated rings. The molecule has 178 valence electrons. The van der Waals surface area contributed by atoms with Crippen LogP contribution in [0, 0.1) is 0 Å². The van der Waals surface area contributed by atoms with Crippen molar-refractivity contribution in [1.29, 1.82) is 0 Å². The molecular formula is C24H26N4O6. The van der Waals surface area contributed by atoms with Gasteiger partial charge < -0.3 is 30.3 Å². The SMILES string of the molecule is NC(=O)COC(=O)c1cccc(CN2CN(c3ccccc3)C3(CCN(C(=O)O)CC3)C2=O)c1. The quantitative estimate of drug-likeness (QED) is 0.618. The topological polar surface area (TPSA) is 133 Å². The number of benzene rings is 2. The van der Waals surface area contributed by atoms with Gasteiger partial charge in [0.05, 0.1) is 12.2 Å². The first-order valence-electron chi connectivity index (χ1n) is 10.9. The second-order valence-corrected chi connectivity index (χ2v) is 8.45. The van der Waals surface area contributed by atoms with Crippen LogP contribution in [-0.4, -0.2) is 70.7 Å². The Labute approximate surface area is 196 Å². The highest BCUT2D eigenvalue weighted by molar-refractivity contribution is 5.94. The lowest BCUT2D eigenvalue weighted by molar-refractivity contribution is -0.134. The zero-order valence-electron chi connectivity index (χ0n) is 18.6. The van der Waals surface area contributed by atoms with Crippen molar-refractivity contribution in [1.82, 2.24) is 9.80 Å². The molecule has 3 N–H and O–H groups in total. The monoisotopic (exact) mass is 466 g/mol. The number of hydrogen-bond donors (Lipinski definition) is 2. The molecule has 0 atom stereocenters. The first-order chi connectivity index (χ1) is 16.3. The number of para-hydroxylation sites is 1. The van der Waals surface area contributed by atoms with Crippen LogP contribution < -0.4 is 10.6 Å². The van der Waals surface area contributed by atoms with Gasteiger partial charge in [-0.3, -0.25) is 9.59 Å². The van der Waals surface area contributed by atoms with E-state index in [9.17, 15) is 24.3 Å². The average molecular weight is 466 g/mol. The van der Waals surface area contributed by atoms with Gasteiger partial charge >= 0.3 is 12.1 Å². The van der Waals surface area contributed by atoms with Gasteiger partial charge in [0.15, 0.2) is 6.61 Å². The molecule has 2 aromatic rings. The van der Waals surface area contributed by atoms with E-state index in [-0.39, 0.29) is 31.1 Å². The van der Waals surface area contributed by atoms with Gasteiger partial charge in [0, 0.05) is 25.3 Å². The fourth-order valence-electron chi connectivity index (χ4n) is 4.63. The van der Waals surface area contributed by atoms with Gasteiger partial charge in [-0.15, -0.1) is 0 Å². The van der Waals surface area contributed by atoms with Gasteiger partial charge in [-0.2, -0.15) is 0 Å². The molecule has 2 saturated heterocycles. The summed E-state index contributed by atoms with van der Waals surface area (Å²) < 4.78 is 4.88. The number of primary amides is 1. The van der Waals surface area contributed by atoms with Crippen molar-refractivity contribution < 1.29 is 29.0 Å². The first-order valence-corrected chi connectivity index (χ1v) is 10.9. The molecule has 2 aliphatic heterocycles. The summed E-state index contributed by atoms with van der Waals surface area (Å²) in [7, 11) is 0. The number of nitrogens with zero attached hydrogens (tertiary/aromatic N) is 3. The number of carbonyl (C=O) groups is 4. The maximum Gasteiger partial charge on any atom is 0.407 e. The van der Waals surface area contributed by atoms with Crippen molar-refractivity contribution in [3.8, 4) is 0 Å². The molecule has 4 rings (SSSR count). The van der Waals surface area contributed by atoms with E-state index in [1.807, 2.05) is 36.4 Å². The standard InChI is InChI=1S/C24H26N4O6/c25-20(29)15-34-21(30)18-6-4-5-17(13-18)14-27-16-28(19-7-2-1-3-8-19)24(22(27)31)9-11-26(12-10-24)23(32)33/h1-8,13H,9-12,14-16H2,(H2,25,29)(H,32,33). The molecule has 0 aliphatic carbocycles. The summed E-state index contributed by atoms with van der Waals surface area (Å²) in [5.74, 6) is -1.48. The second-order valence-electron chi connectivity index (χ2n) is 8.45. The van der Waals surface area contributed by atoms with Crippen LogP contribution in [0.3, 0.4) is 0 Å². The molecule has 3 amide bonds. The van der Waals surface area contributed by atoms with Crippen molar-refractivity contribution in [3.05, 3.63) is 65.7 Å². The summed E-state index contributed by atoms with van der Waals surface area (Å²) in [6.07, 6.45) is -0.199. The summed E-state index contributed by atoms with van der Waals surface area (Å²) in [5, 5.41) is 9.36. The molecule has 0 radical (unpaired) electrons. The molecule has 2 aliphatic rings. The van der Waals surface area contributed by atoms with Gasteiger partial charge in [-0.1, -0.05) is 30.3 Å². The van der Waals surface area contributed by atoms with Crippen molar-refractivity contribution >= 4 is 29.6 Å². The summed E-state index contributed by atoms with van der Waals surface area (Å²) in [6.45, 7) is 0.657. The number of likely N-dealkylation sites (tertiary alicyclic amines) is 1. The molecule has 10 heteroatoms. The molecule has 1 spiro atoms. The Balaban J connectivity index is 1.56. The molecule has 0 bridgehead atoms. The second kappa shape index (κ2) is 9.42. The third-order valence-electron chi connectivity index (χ3n) is 6.32. The minimum Gasteiger partial charge on any atom is -0.465 e. The van der Waals surface area contributed by atoms with Crippen LogP contribution in [0.15, 0.2) is 54.6 Å². The lowest BCUT2D eigenvalue weighted by Crippen LogP contribution is -2.57. The number of nitrogens with two attached hydrogens (primary N) is 1. The largest absolute Gasteiger partial charge is 0.465 e. The number of carbonyl (C=O) groups excluding carboxylic acids is 3. The van der Waals surface area contributed by atoms with Gasteiger partial charge in [0.25, 0.3) is 5.91 Å². The van der Waals surface area contributed by atoms with Crippen LogP contribution in [0.4, 0.5) is 10.5 Å². The van der Waals surface area contributed by atoms with Crippen LogP contribution in [0.2, 0.25) is 0 Å². The zero-order valence-corrected chi connectivity index (χ0v) is 18.6. The Morgan fingerprint density at radius 3 is 2.38 bits per heavy atom. The third kappa shape index (κ3) is 4.52. The molecule has 2 aromatic carbocycles. The molecule has 34 heavy (non-hydrogen) atoms. The van der Waals surface area contributed by atoms with E-state index in [4.69, 9.17) is 10.5 Å². The number of hydrogen-bond acceptors (Lipinski definition) is 6. The minimum atomic E-state index is -0.983. The molecule has 10 nitrogen and oxygen atoms in total. The van der Waals surface area contributed by atoms with E-state index in [1.165, 1.54) is 4.90 Å². The van der Waals surface area contributed by atoms with E-state index in [1.54, 1.807) is 23.1 Å². The highest BCUT2D eigenvalue weighted by Gasteiger charge is 2.54. The van der Waals surface area contributed by atoms with E-state index >= 15 is 0 Å². The van der Waals surface area contributed by atoms with Crippen molar-refractivity contribution in [2.24, 2.45) is 5.73 Å². The van der Waals surface area contributed by atoms with E-state index in [2.05, 4.69) is 4.90 Å². The summed E-state index contributed by atoms with van der Waals surface area (Å²) in [4.78, 5) is 53.3. The van der Waals surface area contributed by atoms with Crippen molar-refractivity contribution in [3.63, 3.8) is 0 Å². The van der Waals surface area contributed by atoms with E-state index in [0.717, 1.165) is 11.3 Å². The number of rotatable bonds is 6. The Kier molecular flexibility index (Phi) is 6.40.